The van der Waals surface area contributed by atoms with Crippen molar-refractivity contribution in [3.63, 3.8) is 0 Å². The van der Waals surface area contributed by atoms with E-state index in [1.807, 2.05) is 0 Å². The van der Waals surface area contributed by atoms with Gasteiger partial charge in [0.1, 0.15) is 5.69 Å². The van der Waals surface area contributed by atoms with E-state index >= 15 is 0 Å². The number of hydrogen-bond donors (Lipinski definition) is 1. The van der Waals surface area contributed by atoms with Crippen molar-refractivity contribution in [2.45, 2.75) is 6.04 Å². The van der Waals surface area contributed by atoms with Crippen molar-refractivity contribution in [1.29, 1.82) is 0 Å². The molecule has 1 aliphatic rings. The number of carbonyl (C=O) groups is 1. The minimum Gasteiger partial charge on any atom is -0.493 e. The molecule has 0 radical (unpaired) electrons. The van der Waals surface area contributed by atoms with E-state index in [-0.39, 0.29) is 11.9 Å². The molecule has 3 aromatic rings. The van der Waals surface area contributed by atoms with Crippen molar-refractivity contribution in [2.24, 2.45) is 0 Å². The highest BCUT2D eigenvalue weighted by atomic mass is 16.5. The number of hydrogen-bond acceptors (Lipinski definition) is 7. The summed E-state index contributed by atoms with van der Waals surface area (Å²) >= 11 is 0. The Morgan fingerprint density at radius 1 is 1.11 bits per heavy atom. The van der Waals surface area contributed by atoms with Crippen molar-refractivity contribution in [1.82, 2.24) is 30.1 Å². The molecule has 0 unspecified atom stereocenters. The number of amides is 1. The zero-order chi connectivity index (χ0) is 19.7. The highest BCUT2D eigenvalue weighted by Crippen LogP contribution is 2.40. The molecule has 1 N–H and O–H groups in total. The van der Waals surface area contributed by atoms with E-state index in [0.717, 1.165) is 5.56 Å². The summed E-state index contributed by atoms with van der Waals surface area (Å²) < 4.78 is 17.8. The van der Waals surface area contributed by atoms with Crippen LogP contribution in [-0.2, 0) is 0 Å². The molecule has 1 fully saturated rings. The predicted octanol–water partition coefficient (Wildman–Crippen LogP) is 1.39. The molecule has 1 aliphatic heterocycles. The van der Waals surface area contributed by atoms with Crippen LogP contribution >= 0.6 is 0 Å². The van der Waals surface area contributed by atoms with Crippen LogP contribution < -0.4 is 14.2 Å². The first-order chi connectivity index (χ1) is 13.6. The van der Waals surface area contributed by atoms with Gasteiger partial charge in [-0.15, -0.1) is 5.10 Å². The van der Waals surface area contributed by atoms with E-state index in [2.05, 4.69) is 20.5 Å². The highest BCUT2D eigenvalue weighted by molar-refractivity contribution is 5.94. The molecule has 0 atom stereocenters. The van der Waals surface area contributed by atoms with Gasteiger partial charge < -0.3 is 19.1 Å². The quantitative estimate of drug-likeness (QED) is 0.684. The van der Waals surface area contributed by atoms with Gasteiger partial charge >= 0.3 is 0 Å². The number of aromatic nitrogens is 5. The topological polar surface area (TPSA) is 107 Å². The van der Waals surface area contributed by atoms with E-state index in [9.17, 15) is 4.79 Å². The van der Waals surface area contributed by atoms with Gasteiger partial charge in [-0.25, -0.2) is 4.68 Å². The molecule has 1 aromatic carbocycles. The maximum atomic E-state index is 12.7. The Hall–Kier alpha value is -3.56. The largest absolute Gasteiger partial charge is 0.493 e. The summed E-state index contributed by atoms with van der Waals surface area (Å²) in [5, 5.41) is 14.9. The number of methoxy groups -OCH3 is 3. The fraction of sp³-hybridized carbons (Fsp3) is 0.333. The van der Waals surface area contributed by atoms with Gasteiger partial charge in [-0.2, -0.15) is 5.10 Å². The number of nitrogens with zero attached hydrogens (tertiary/aromatic N) is 5. The Morgan fingerprint density at radius 3 is 2.39 bits per heavy atom. The van der Waals surface area contributed by atoms with Crippen LogP contribution in [0.25, 0.3) is 11.3 Å². The second-order valence-electron chi connectivity index (χ2n) is 6.33. The number of aromatic amines is 1. The lowest BCUT2D eigenvalue weighted by molar-refractivity contribution is 0.0492. The molecule has 10 nitrogen and oxygen atoms in total. The minimum absolute atomic E-state index is 0.109. The maximum absolute atomic E-state index is 12.7. The fourth-order valence-electron chi connectivity index (χ4n) is 3.18. The van der Waals surface area contributed by atoms with E-state index in [0.29, 0.717) is 41.7 Å². The van der Waals surface area contributed by atoms with Crippen LogP contribution in [0.3, 0.4) is 0 Å². The van der Waals surface area contributed by atoms with E-state index in [1.54, 1.807) is 61.5 Å². The van der Waals surface area contributed by atoms with Crippen LogP contribution in [-0.4, -0.2) is 70.4 Å². The minimum atomic E-state index is -0.109. The number of likely N-dealkylation sites (tertiary alicyclic amines) is 1. The molecule has 10 heteroatoms. The van der Waals surface area contributed by atoms with Crippen LogP contribution in [0.4, 0.5) is 0 Å². The van der Waals surface area contributed by atoms with Crippen molar-refractivity contribution in [3.05, 3.63) is 36.3 Å². The summed E-state index contributed by atoms with van der Waals surface area (Å²) in [5.41, 5.74) is 1.77. The lowest BCUT2D eigenvalue weighted by atomic mass is 10.1. The summed E-state index contributed by atoms with van der Waals surface area (Å²) in [6, 6.07) is 5.45. The lowest BCUT2D eigenvalue weighted by Crippen LogP contribution is -2.51. The van der Waals surface area contributed by atoms with Gasteiger partial charge in [0.15, 0.2) is 11.5 Å². The summed E-state index contributed by atoms with van der Waals surface area (Å²) in [5.74, 6) is 1.43. The number of H-pyrrole nitrogens is 1. The lowest BCUT2D eigenvalue weighted by Gasteiger charge is -2.38. The van der Waals surface area contributed by atoms with Gasteiger partial charge in [0.05, 0.1) is 39.3 Å². The van der Waals surface area contributed by atoms with Gasteiger partial charge in [0, 0.05) is 24.8 Å². The Bertz CT molecular complexity index is 953. The van der Waals surface area contributed by atoms with Crippen LogP contribution in [0.2, 0.25) is 0 Å². The number of benzene rings is 1. The molecule has 28 heavy (non-hydrogen) atoms. The van der Waals surface area contributed by atoms with Crippen molar-refractivity contribution in [3.8, 4) is 28.5 Å². The third kappa shape index (κ3) is 3.02. The fourth-order valence-corrected chi connectivity index (χ4v) is 3.18. The Kier molecular flexibility index (Phi) is 4.60. The van der Waals surface area contributed by atoms with Gasteiger partial charge in [-0.05, 0) is 18.2 Å². The molecule has 1 amide bonds. The van der Waals surface area contributed by atoms with Crippen LogP contribution in [0.1, 0.15) is 16.5 Å². The molecule has 0 bridgehead atoms. The number of ether oxygens (including phenoxy) is 3. The number of carbonyl (C=O) groups excluding carboxylic acids is 1. The third-order valence-corrected chi connectivity index (χ3v) is 4.73. The molecular formula is C18H20N6O4. The first-order valence-electron chi connectivity index (χ1n) is 8.65. The Balaban J connectivity index is 1.52. The van der Waals surface area contributed by atoms with E-state index in [4.69, 9.17) is 14.2 Å². The summed E-state index contributed by atoms with van der Waals surface area (Å²) in [6.45, 7) is 1.17. The first-order valence-corrected chi connectivity index (χ1v) is 8.65. The number of nitrogens with one attached hydrogen (secondary N) is 1. The molecule has 0 saturated carbocycles. The third-order valence-electron chi connectivity index (χ3n) is 4.73. The smallest absolute Gasteiger partial charge is 0.272 e. The van der Waals surface area contributed by atoms with Crippen LogP contribution in [0.5, 0.6) is 17.2 Å². The monoisotopic (exact) mass is 384 g/mol. The Morgan fingerprint density at radius 2 is 1.82 bits per heavy atom. The van der Waals surface area contributed by atoms with Crippen molar-refractivity contribution >= 4 is 5.91 Å². The Labute approximate surface area is 161 Å². The van der Waals surface area contributed by atoms with Gasteiger partial charge in [0.25, 0.3) is 5.91 Å². The van der Waals surface area contributed by atoms with E-state index < -0.39 is 0 Å². The normalized spacial score (nSPS) is 13.9. The molecule has 0 spiro atoms. The SMILES string of the molecule is COc1cc(-c2cc(C(=O)N3CC(n4ccnn4)C3)[nH]n2)cc(OC)c1OC. The zero-order valence-electron chi connectivity index (χ0n) is 15.7. The average Bonchev–Trinajstić information content (AvgIpc) is 3.37. The number of rotatable bonds is 6. The second-order valence-corrected chi connectivity index (χ2v) is 6.33. The first kappa shape index (κ1) is 17.8. The van der Waals surface area contributed by atoms with Crippen molar-refractivity contribution in [2.75, 3.05) is 34.4 Å². The molecule has 3 heterocycles. The van der Waals surface area contributed by atoms with Gasteiger partial charge in [-0.1, -0.05) is 5.21 Å². The molecule has 2 aromatic heterocycles. The van der Waals surface area contributed by atoms with Crippen LogP contribution in [0.15, 0.2) is 30.6 Å². The maximum Gasteiger partial charge on any atom is 0.272 e. The predicted molar refractivity (Wildman–Crippen MR) is 98.6 cm³/mol. The molecule has 146 valence electrons. The van der Waals surface area contributed by atoms with Crippen molar-refractivity contribution < 1.29 is 19.0 Å². The standard InChI is InChI=1S/C18H20N6O4/c1-26-15-6-11(7-16(27-2)17(15)28-3)13-8-14(21-20-13)18(25)23-9-12(10-23)24-5-4-19-22-24/h4-8,12H,9-10H2,1-3H3,(H,20,21). The highest BCUT2D eigenvalue weighted by Gasteiger charge is 2.33. The van der Waals surface area contributed by atoms with E-state index in [1.165, 1.54) is 0 Å². The zero-order valence-corrected chi connectivity index (χ0v) is 15.7. The van der Waals surface area contributed by atoms with Gasteiger partial charge in [0.2, 0.25) is 5.75 Å². The second kappa shape index (κ2) is 7.22. The summed E-state index contributed by atoms with van der Waals surface area (Å²) in [7, 11) is 4.65. The molecule has 1 saturated heterocycles. The van der Waals surface area contributed by atoms with Gasteiger partial charge in [-0.3, -0.25) is 9.89 Å². The molecule has 4 rings (SSSR count). The summed E-state index contributed by atoms with van der Waals surface area (Å²) in [4.78, 5) is 14.4. The summed E-state index contributed by atoms with van der Waals surface area (Å²) in [6.07, 6.45) is 3.42. The van der Waals surface area contributed by atoms with Crippen LogP contribution in [0, 0.1) is 0 Å². The molecule has 0 aliphatic carbocycles. The average molecular weight is 384 g/mol. The molecular weight excluding hydrogens is 364 g/mol.